The highest BCUT2D eigenvalue weighted by molar-refractivity contribution is 7.92. The van der Waals surface area contributed by atoms with Crippen LogP contribution in [0.1, 0.15) is 43.4 Å². The molecule has 0 heterocycles. The first kappa shape index (κ1) is 30.7. The van der Waals surface area contributed by atoms with Crippen molar-refractivity contribution in [3.8, 4) is 5.75 Å². The van der Waals surface area contributed by atoms with Gasteiger partial charge in [0.15, 0.2) is 0 Å². The maximum absolute atomic E-state index is 13.9. The molecule has 0 saturated carbocycles. The molecule has 40 heavy (non-hydrogen) atoms. The zero-order valence-electron chi connectivity index (χ0n) is 23.9. The summed E-state index contributed by atoms with van der Waals surface area (Å²) in [6.45, 7) is 7.63. The van der Waals surface area contributed by atoms with Crippen molar-refractivity contribution < 1.29 is 22.7 Å². The summed E-state index contributed by atoms with van der Waals surface area (Å²) >= 11 is 0. The number of anilines is 1. The van der Waals surface area contributed by atoms with Crippen LogP contribution < -0.4 is 14.4 Å². The van der Waals surface area contributed by atoms with Crippen LogP contribution >= 0.6 is 0 Å². The number of amides is 2. The molecular formula is C31H39N3O5S. The Morgan fingerprint density at radius 3 is 2.02 bits per heavy atom. The largest absolute Gasteiger partial charge is 0.497 e. The Balaban J connectivity index is 1.98. The molecule has 8 nitrogen and oxygen atoms in total. The van der Waals surface area contributed by atoms with E-state index in [4.69, 9.17) is 4.74 Å². The molecule has 0 aliphatic rings. The number of unbranched alkanes of at least 4 members (excludes halogenated alkanes) is 1. The summed E-state index contributed by atoms with van der Waals surface area (Å²) in [6, 6.07) is 19.9. The second-order valence-corrected chi connectivity index (χ2v) is 11.7. The number of aryl methyl sites for hydroxylation is 2. The summed E-state index contributed by atoms with van der Waals surface area (Å²) in [4.78, 5) is 28.5. The van der Waals surface area contributed by atoms with Gasteiger partial charge in [0.1, 0.15) is 18.3 Å². The summed E-state index contributed by atoms with van der Waals surface area (Å²) in [7, 11) is -2.52. The minimum absolute atomic E-state index is 0.0820. The molecule has 2 amide bonds. The topological polar surface area (TPSA) is 96.0 Å². The Labute approximate surface area is 238 Å². The van der Waals surface area contributed by atoms with Gasteiger partial charge in [-0.1, -0.05) is 60.9 Å². The van der Waals surface area contributed by atoms with Gasteiger partial charge < -0.3 is 15.0 Å². The van der Waals surface area contributed by atoms with Gasteiger partial charge in [0.05, 0.1) is 17.7 Å². The molecule has 1 atom stereocenters. The van der Waals surface area contributed by atoms with Gasteiger partial charge in [-0.3, -0.25) is 13.9 Å². The number of nitrogens with zero attached hydrogens (tertiary/aromatic N) is 2. The number of methoxy groups -OCH3 is 1. The van der Waals surface area contributed by atoms with E-state index in [-0.39, 0.29) is 17.3 Å². The van der Waals surface area contributed by atoms with E-state index in [1.807, 2.05) is 32.9 Å². The van der Waals surface area contributed by atoms with Crippen molar-refractivity contribution in [3.63, 3.8) is 0 Å². The molecule has 3 rings (SSSR count). The molecule has 3 aromatic rings. The lowest BCUT2D eigenvalue weighted by atomic mass is 10.1. The molecule has 3 aromatic carbocycles. The zero-order valence-corrected chi connectivity index (χ0v) is 24.7. The minimum Gasteiger partial charge on any atom is -0.497 e. The third kappa shape index (κ3) is 7.85. The number of rotatable bonds is 13. The van der Waals surface area contributed by atoms with Gasteiger partial charge in [-0.15, -0.1) is 0 Å². The average Bonchev–Trinajstić information content (AvgIpc) is 2.95. The van der Waals surface area contributed by atoms with Gasteiger partial charge in [0, 0.05) is 13.1 Å². The molecule has 9 heteroatoms. The number of nitrogens with one attached hydrogen (secondary N) is 1. The Morgan fingerprint density at radius 1 is 0.900 bits per heavy atom. The molecule has 1 N–H and O–H groups in total. The van der Waals surface area contributed by atoms with Crippen LogP contribution in [0, 0.1) is 13.8 Å². The number of carbonyl (C=O) groups is 2. The maximum Gasteiger partial charge on any atom is 0.264 e. The molecule has 0 aliphatic heterocycles. The van der Waals surface area contributed by atoms with Gasteiger partial charge >= 0.3 is 0 Å². The van der Waals surface area contributed by atoms with Gasteiger partial charge in [-0.25, -0.2) is 8.42 Å². The summed E-state index contributed by atoms with van der Waals surface area (Å²) in [6.07, 6.45) is 1.74. The van der Waals surface area contributed by atoms with E-state index >= 15 is 0 Å². The van der Waals surface area contributed by atoms with Crippen LogP contribution in [0.25, 0.3) is 0 Å². The highest BCUT2D eigenvalue weighted by Crippen LogP contribution is 2.25. The first-order chi connectivity index (χ1) is 19.1. The van der Waals surface area contributed by atoms with Crippen LogP contribution in [0.3, 0.4) is 0 Å². The highest BCUT2D eigenvalue weighted by atomic mass is 32.2. The van der Waals surface area contributed by atoms with Gasteiger partial charge in [0.25, 0.3) is 10.0 Å². The molecule has 0 saturated heterocycles. The van der Waals surface area contributed by atoms with E-state index in [1.165, 1.54) is 17.0 Å². The van der Waals surface area contributed by atoms with Gasteiger partial charge in [0.2, 0.25) is 11.8 Å². The van der Waals surface area contributed by atoms with E-state index in [0.717, 1.165) is 33.8 Å². The van der Waals surface area contributed by atoms with Crippen LogP contribution in [0.15, 0.2) is 77.7 Å². The molecule has 0 bridgehead atoms. The molecule has 0 aliphatic carbocycles. The lowest BCUT2D eigenvalue weighted by Crippen LogP contribution is -2.51. The SMILES string of the molecule is CCCCNC(=O)[C@H](C)N(Cc1ccc(OC)cc1)C(=O)CN(c1ccc(C)cc1)S(=O)(=O)c1ccc(C)cc1. The van der Waals surface area contributed by atoms with Crippen molar-refractivity contribution in [2.45, 2.75) is 58.0 Å². The summed E-state index contributed by atoms with van der Waals surface area (Å²) in [5.74, 6) is -0.120. The van der Waals surface area contributed by atoms with Crippen LogP contribution in [-0.4, -0.2) is 51.4 Å². The zero-order chi connectivity index (χ0) is 29.3. The smallest absolute Gasteiger partial charge is 0.264 e. The lowest BCUT2D eigenvalue weighted by Gasteiger charge is -2.32. The molecule has 0 fully saturated rings. The number of hydrogen-bond acceptors (Lipinski definition) is 5. The quantitative estimate of drug-likeness (QED) is 0.299. The molecule has 0 spiro atoms. The number of sulfonamides is 1. The molecular weight excluding hydrogens is 526 g/mol. The number of benzene rings is 3. The number of hydrogen-bond donors (Lipinski definition) is 1. The van der Waals surface area contributed by atoms with Crippen molar-refractivity contribution in [1.82, 2.24) is 10.2 Å². The first-order valence-corrected chi connectivity index (χ1v) is 14.9. The van der Waals surface area contributed by atoms with Gasteiger partial charge in [-0.05, 0) is 69.2 Å². The third-order valence-electron chi connectivity index (χ3n) is 6.72. The predicted molar refractivity (Wildman–Crippen MR) is 158 cm³/mol. The second kappa shape index (κ2) is 14.0. The van der Waals surface area contributed by atoms with Crippen LogP contribution in [0.4, 0.5) is 5.69 Å². The minimum atomic E-state index is -4.09. The van der Waals surface area contributed by atoms with Crippen molar-refractivity contribution in [1.29, 1.82) is 0 Å². The summed E-state index contributed by atoms with van der Waals surface area (Å²) in [5.41, 5.74) is 3.03. The third-order valence-corrected chi connectivity index (χ3v) is 8.51. The van der Waals surface area contributed by atoms with E-state index < -0.39 is 28.5 Å². The summed E-state index contributed by atoms with van der Waals surface area (Å²) in [5, 5.41) is 2.89. The van der Waals surface area contributed by atoms with Crippen molar-refractivity contribution in [2.24, 2.45) is 0 Å². The Hall–Kier alpha value is -3.85. The normalized spacial score (nSPS) is 11.9. The Morgan fingerprint density at radius 2 is 1.48 bits per heavy atom. The lowest BCUT2D eigenvalue weighted by molar-refractivity contribution is -0.139. The standard InChI is InChI=1S/C31H39N3O5S/c1-6-7-20-32-31(36)25(4)33(21-26-12-16-28(39-5)17-13-26)30(35)22-34(27-14-8-23(2)9-15-27)40(37,38)29-18-10-24(3)11-19-29/h8-19,25H,6-7,20-22H2,1-5H3,(H,32,36)/t25-/m0/s1. The summed E-state index contributed by atoms with van der Waals surface area (Å²) < 4.78 is 34.1. The number of ether oxygens (including phenoxy) is 1. The molecule has 214 valence electrons. The Bertz CT molecular complexity index is 1370. The molecule has 0 radical (unpaired) electrons. The van der Waals surface area contributed by atoms with Crippen LogP contribution in [0.2, 0.25) is 0 Å². The van der Waals surface area contributed by atoms with Crippen molar-refractivity contribution in [3.05, 3.63) is 89.5 Å². The fraction of sp³-hybridized carbons (Fsp3) is 0.355. The van der Waals surface area contributed by atoms with Crippen LogP contribution in [-0.2, 0) is 26.2 Å². The predicted octanol–water partition coefficient (Wildman–Crippen LogP) is 4.84. The first-order valence-electron chi connectivity index (χ1n) is 13.4. The van der Waals surface area contributed by atoms with E-state index in [2.05, 4.69) is 5.32 Å². The highest BCUT2D eigenvalue weighted by Gasteiger charge is 2.32. The van der Waals surface area contributed by atoms with E-state index in [0.29, 0.717) is 18.0 Å². The van der Waals surface area contributed by atoms with Gasteiger partial charge in [-0.2, -0.15) is 0 Å². The van der Waals surface area contributed by atoms with Crippen molar-refractivity contribution in [2.75, 3.05) is 24.5 Å². The number of carbonyl (C=O) groups excluding carboxylic acids is 2. The molecule has 0 unspecified atom stereocenters. The molecule has 0 aromatic heterocycles. The fourth-order valence-electron chi connectivity index (χ4n) is 4.12. The average molecular weight is 566 g/mol. The van der Waals surface area contributed by atoms with Crippen molar-refractivity contribution >= 4 is 27.5 Å². The van der Waals surface area contributed by atoms with E-state index in [1.54, 1.807) is 62.6 Å². The fourth-order valence-corrected chi connectivity index (χ4v) is 5.54. The van der Waals surface area contributed by atoms with E-state index in [9.17, 15) is 18.0 Å². The van der Waals surface area contributed by atoms with Crippen LogP contribution in [0.5, 0.6) is 5.75 Å². The Kier molecular flexibility index (Phi) is 10.7. The monoisotopic (exact) mass is 565 g/mol. The maximum atomic E-state index is 13.9. The second-order valence-electron chi connectivity index (χ2n) is 9.85.